The Hall–Kier alpha value is -4.22. The summed E-state index contributed by atoms with van der Waals surface area (Å²) in [4.78, 5) is 16.7. The maximum atomic E-state index is 13.0. The molecule has 1 N–H and O–H groups in total. The molecular weight excluding hydrogens is 558 g/mol. The highest BCUT2D eigenvalue weighted by atomic mass is 32.2. The van der Waals surface area contributed by atoms with Crippen molar-refractivity contribution in [1.82, 2.24) is 10.3 Å². The molecular formula is C30H29F4N3O3S. The van der Waals surface area contributed by atoms with Gasteiger partial charge in [0.25, 0.3) is 5.91 Å². The van der Waals surface area contributed by atoms with Crippen LogP contribution in [0.1, 0.15) is 42.0 Å². The Morgan fingerprint density at radius 1 is 1.12 bits per heavy atom. The first-order chi connectivity index (χ1) is 19.5. The molecule has 3 rings (SSSR count). The van der Waals surface area contributed by atoms with E-state index in [4.69, 9.17) is 9.47 Å². The van der Waals surface area contributed by atoms with Crippen molar-refractivity contribution >= 4 is 18.1 Å². The fraction of sp³-hybridized carbons (Fsp3) is 0.300. The summed E-state index contributed by atoms with van der Waals surface area (Å²) in [6.07, 6.45) is 4.65. The molecule has 1 heterocycles. The minimum Gasteiger partial charge on any atom is -0.493 e. The Morgan fingerprint density at radius 3 is 2.41 bits per heavy atom. The van der Waals surface area contributed by atoms with Crippen LogP contribution in [0.4, 0.5) is 17.1 Å². The zero-order valence-electron chi connectivity index (χ0n) is 22.5. The van der Waals surface area contributed by atoms with Crippen LogP contribution in [0.15, 0.2) is 66.9 Å². The number of alkyl halides is 3. The van der Waals surface area contributed by atoms with Crippen LogP contribution in [-0.2, 0) is 17.4 Å². The van der Waals surface area contributed by atoms with Crippen molar-refractivity contribution in [3.63, 3.8) is 0 Å². The normalized spacial score (nSPS) is 11.8. The predicted molar refractivity (Wildman–Crippen MR) is 150 cm³/mol. The van der Waals surface area contributed by atoms with Gasteiger partial charge in [-0.15, -0.1) is 12.8 Å². The zero-order valence-corrected chi connectivity index (χ0v) is 23.3. The second kappa shape index (κ2) is 15.5. The molecule has 0 radical (unpaired) electrons. The van der Waals surface area contributed by atoms with Gasteiger partial charge in [-0.05, 0) is 61.7 Å². The molecule has 0 aliphatic carbocycles. The molecule has 0 fully saturated rings. The average Bonchev–Trinajstić information content (AvgIpc) is 2.96. The molecule has 1 aromatic heterocycles. The first-order valence-corrected chi connectivity index (χ1v) is 13.2. The first kappa shape index (κ1) is 33.0. The van der Waals surface area contributed by atoms with Gasteiger partial charge in [0.1, 0.15) is 5.75 Å². The minimum atomic E-state index is -4.53. The van der Waals surface area contributed by atoms with Crippen LogP contribution >= 0.6 is 12.1 Å². The molecule has 0 saturated heterocycles. The van der Waals surface area contributed by atoms with Gasteiger partial charge in [0.15, 0.2) is 5.60 Å². The highest BCUT2D eigenvalue weighted by Gasteiger charge is 2.33. The van der Waals surface area contributed by atoms with Gasteiger partial charge in [-0.3, -0.25) is 4.79 Å². The summed E-state index contributed by atoms with van der Waals surface area (Å²) in [7, 11) is 0. The molecule has 0 bridgehead atoms. The van der Waals surface area contributed by atoms with Gasteiger partial charge in [-0.2, -0.15) is 22.3 Å². The Balaban J connectivity index is 0.00000287. The highest BCUT2D eigenvalue weighted by Crippen LogP contribution is 2.30. The monoisotopic (exact) mass is 587 g/mol. The van der Waals surface area contributed by atoms with E-state index in [9.17, 15) is 27.1 Å². The smallest absolute Gasteiger partial charge is 0.417 e. The molecule has 11 heteroatoms. The van der Waals surface area contributed by atoms with Crippen molar-refractivity contribution in [3.05, 3.63) is 89.1 Å². The molecule has 3 aromatic rings. The molecule has 2 aromatic carbocycles. The molecule has 41 heavy (non-hydrogen) atoms. The van der Waals surface area contributed by atoms with Crippen molar-refractivity contribution in [2.24, 2.45) is 0 Å². The molecule has 0 unspecified atom stereocenters. The number of carbonyl (C=O) groups is 1. The number of amides is 1. The van der Waals surface area contributed by atoms with E-state index in [0.717, 1.165) is 23.3 Å². The standard InChI is InChI=1S/C28H27F4N3O3S.C2H2/c1-27(2,38-25-11-8-23(18-34-25)28(29,30)31)26(36)35-17-22(21-5-3-4-20(15-21)16-33)14-19-6-9-24(10-7-19)37-12-13-39-32;1-2/h3-11,15,18,22H,12-14,17H2,1-2H3,(H,35,36);1-2H/t22-;/m1./s1. The summed E-state index contributed by atoms with van der Waals surface area (Å²) in [6.45, 7) is 3.43. The SMILES string of the molecule is C#C.CC(C)(Oc1ccc(C(F)(F)F)cn1)C(=O)NC[C@@H](Cc1ccc(OCCSF)cc1)c1cccc(C#N)c1. The van der Waals surface area contributed by atoms with Crippen molar-refractivity contribution < 1.29 is 31.3 Å². The van der Waals surface area contributed by atoms with E-state index in [1.165, 1.54) is 13.8 Å². The van der Waals surface area contributed by atoms with Crippen molar-refractivity contribution in [3.8, 4) is 30.5 Å². The lowest BCUT2D eigenvalue weighted by molar-refractivity contribution is -0.138. The number of nitriles is 1. The van der Waals surface area contributed by atoms with Crippen LogP contribution < -0.4 is 14.8 Å². The summed E-state index contributed by atoms with van der Waals surface area (Å²) in [5, 5.41) is 12.2. The number of halogens is 4. The van der Waals surface area contributed by atoms with Gasteiger partial charge >= 0.3 is 6.18 Å². The van der Waals surface area contributed by atoms with E-state index in [0.29, 0.717) is 23.9 Å². The van der Waals surface area contributed by atoms with Gasteiger partial charge in [-0.25, -0.2) is 4.98 Å². The predicted octanol–water partition coefficient (Wildman–Crippen LogP) is 6.52. The number of rotatable bonds is 12. The van der Waals surface area contributed by atoms with Crippen molar-refractivity contribution in [2.45, 2.75) is 38.0 Å². The topological polar surface area (TPSA) is 84.2 Å². The van der Waals surface area contributed by atoms with E-state index in [2.05, 4.69) is 29.2 Å². The van der Waals surface area contributed by atoms with Crippen molar-refractivity contribution in [1.29, 1.82) is 5.26 Å². The van der Waals surface area contributed by atoms with Crippen LogP contribution in [0.2, 0.25) is 0 Å². The fourth-order valence-corrected chi connectivity index (χ4v) is 3.86. The number of benzene rings is 2. The molecule has 0 aliphatic rings. The molecule has 216 valence electrons. The fourth-order valence-electron chi connectivity index (χ4n) is 3.71. The Kier molecular flexibility index (Phi) is 12.5. The first-order valence-electron chi connectivity index (χ1n) is 12.3. The Morgan fingerprint density at radius 2 is 1.83 bits per heavy atom. The zero-order chi connectivity index (χ0) is 30.5. The third-order valence-corrected chi connectivity index (χ3v) is 6.12. The van der Waals surface area contributed by atoms with E-state index in [1.807, 2.05) is 18.2 Å². The molecule has 1 amide bonds. The summed E-state index contributed by atoms with van der Waals surface area (Å²) >= 11 is 0.208. The van der Waals surface area contributed by atoms with Gasteiger partial charge in [0.2, 0.25) is 5.88 Å². The van der Waals surface area contributed by atoms with Gasteiger partial charge < -0.3 is 14.8 Å². The number of hydrogen-bond acceptors (Lipinski definition) is 6. The number of pyridine rings is 1. The molecule has 1 atom stereocenters. The third-order valence-electron chi connectivity index (χ3n) is 5.80. The maximum Gasteiger partial charge on any atom is 0.417 e. The average molecular weight is 588 g/mol. The van der Waals surface area contributed by atoms with E-state index >= 15 is 0 Å². The number of aromatic nitrogens is 1. The van der Waals surface area contributed by atoms with Crippen LogP contribution in [0.25, 0.3) is 0 Å². The molecule has 0 saturated carbocycles. The summed E-state index contributed by atoms with van der Waals surface area (Å²) < 4.78 is 61.7. The van der Waals surface area contributed by atoms with E-state index in [1.54, 1.807) is 30.3 Å². The quantitative estimate of drug-likeness (QED) is 0.148. The number of hydrogen-bond donors (Lipinski definition) is 1. The number of nitrogens with one attached hydrogen (secondary N) is 1. The number of ether oxygens (including phenoxy) is 2. The van der Waals surface area contributed by atoms with Crippen LogP contribution in [0.5, 0.6) is 11.6 Å². The van der Waals surface area contributed by atoms with Gasteiger partial charge in [0, 0.05) is 36.9 Å². The molecule has 0 spiro atoms. The second-order valence-electron chi connectivity index (χ2n) is 9.15. The number of carbonyl (C=O) groups excluding carboxylic acids is 1. The highest BCUT2D eigenvalue weighted by molar-refractivity contribution is 7.94. The van der Waals surface area contributed by atoms with Crippen LogP contribution in [0.3, 0.4) is 0 Å². The number of terminal acetylenes is 1. The molecule has 6 nitrogen and oxygen atoms in total. The Bertz CT molecular complexity index is 1320. The van der Waals surface area contributed by atoms with Crippen molar-refractivity contribution in [2.75, 3.05) is 18.9 Å². The lowest BCUT2D eigenvalue weighted by Crippen LogP contribution is -2.47. The summed E-state index contributed by atoms with van der Waals surface area (Å²) in [5.74, 6) is 0.0270. The van der Waals surface area contributed by atoms with Crippen LogP contribution in [0, 0.1) is 24.2 Å². The lowest BCUT2D eigenvalue weighted by Gasteiger charge is -2.26. The van der Waals surface area contributed by atoms with E-state index < -0.39 is 23.2 Å². The van der Waals surface area contributed by atoms with Crippen LogP contribution in [-0.4, -0.2) is 35.4 Å². The number of nitrogens with zero attached hydrogens (tertiary/aromatic N) is 2. The third kappa shape index (κ3) is 10.4. The second-order valence-corrected chi connectivity index (χ2v) is 9.78. The summed E-state index contributed by atoms with van der Waals surface area (Å²) in [5.41, 5.74) is -0.0674. The maximum absolute atomic E-state index is 13.0. The van der Waals surface area contributed by atoms with Gasteiger partial charge in [0.05, 0.1) is 29.6 Å². The Labute approximate surface area is 241 Å². The van der Waals surface area contributed by atoms with Gasteiger partial charge in [-0.1, -0.05) is 24.3 Å². The minimum absolute atomic E-state index is 0.117. The molecule has 0 aliphatic heterocycles. The van der Waals surface area contributed by atoms with E-state index in [-0.39, 0.29) is 42.9 Å². The largest absolute Gasteiger partial charge is 0.493 e. The lowest BCUT2D eigenvalue weighted by atomic mass is 9.90. The summed E-state index contributed by atoms with van der Waals surface area (Å²) in [6, 6.07) is 18.4.